The highest BCUT2D eigenvalue weighted by Crippen LogP contribution is 2.36. The van der Waals surface area contributed by atoms with Gasteiger partial charge >= 0.3 is 0 Å². The number of benzene rings is 1. The van der Waals surface area contributed by atoms with Crippen molar-refractivity contribution in [3.8, 4) is 0 Å². The molecule has 0 saturated carbocycles. The predicted molar refractivity (Wildman–Crippen MR) is 102 cm³/mol. The number of fused-ring (bicyclic) bond motifs is 1. The Morgan fingerprint density at radius 2 is 2.07 bits per heavy atom. The zero-order valence-corrected chi connectivity index (χ0v) is 15.7. The fourth-order valence-electron chi connectivity index (χ4n) is 3.67. The lowest BCUT2D eigenvalue weighted by Crippen LogP contribution is -2.33. The van der Waals surface area contributed by atoms with Crippen molar-refractivity contribution in [1.82, 2.24) is 15.0 Å². The molecule has 0 bridgehead atoms. The van der Waals surface area contributed by atoms with E-state index < -0.39 is 9.84 Å². The first-order valence-electron chi connectivity index (χ1n) is 8.72. The molecule has 0 radical (unpaired) electrons. The maximum atomic E-state index is 13.1. The van der Waals surface area contributed by atoms with Crippen LogP contribution in [0.25, 0.3) is 11.0 Å². The number of anilines is 2. The standard InChI is InChI=1S/C18H21N5O3S/c1-26-10-12-6-5-9-23(12)18-15-14(20-11-21-18)16(17(19)22-15)27(24,25)13-7-3-2-4-8-13/h2-4,7-8,11-12,22H,5-6,9-10,19H2,1H3/t12-/m1/s1. The molecule has 142 valence electrons. The van der Waals surface area contributed by atoms with Gasteiger partial charge in [0.15, 0.2) is 5.82 Å². The van der Waals surface area contributed by atoms with E-state index in [9.17, 15) is 8.42 Å². The summed E-state index contributed by atoms with van der Waals surface area (Å²) in [6.45, 7) is 1.40. The topological polar surface area (TPSA) is 114 Å². The van der Waals surface area contributed by atoms with E-state index >= 15 is 0 Å². The molecule has 9 heteroatoms. The number of H-pyrrole nitrogens is 1. The van der Waals surface area contributed by atoms with Gasteiger partial charge in [0.25, 0.3) is 0 Å². The average Bonchev–Trinajstić information content (AvgIpc) is 3.26. The molecule has 3 aromatic rings. The number of ether oxygens (including phenoxy) is 1. The van der Waals surface area contributed by atoms with Crippen LogP contribution in [0.2, 0.25) is 0 Å². The highest BCUT2D eigenvalue weighted by molar-refractivity contribution is 7.92. The van der Waals surface area contributed by atoms with Crippen LogP contribution in [-0.4, -0.2) is 49.7 Å². The van der Waals surface area contributed by atoms with E-state index in [2.05, 4.69) is 19.9 Å². The number of hydrogen-bond donors (Lipinski definition) is 2. The van der Waals surface area contributed by atoms with Gasteiger partial charge in [-0.2, -0.15) is 0 Å². The van der Waals surface area contributed by atoms with Crippen molar-refractivity contribution in [2.45, 2.75) is 28.7 Å². The zero-order chi connectivity index (χ0) is 19.0. The Labute approximate surface area is 157 Å². The molecule has 0 amide bonds. The van der Waals surface area contributed by atoms with Gasteiger partial charge in [0.2, 0.25) is 9.84 Å². The van der Waals surface area contributed by atoms with Crippen LogP contribution in [0.4, 0.5) is 11.6 Å². The third-order valence-corrected chi connectivity index (χ3v) is 6.72. The molecule has 0 unspecified atom stereocenters. The molecule has 4 rings (SSSR count). The molecule has 1 aliphatic rings. The second-order valence-electron chi connectivity index (χ2n) is 6.55. The first kappa shape index (κ1) is 17.7. The molecule has 1 fully saturated rings. The van der Waals surface area contributed by atoms with Crippen molar-refractivity contribution in [1.29, 1.82) is 0 Å². The van der Waals surface area contributed by atoms with E-state index in [1.807, 2.05) is 0 Å². The van der Waals surface area contributed by atoms with E-state index in [0.717, 1.165) is 19.4 Å². The fraction of sp³-hybridized carbons (Fsp3) is 0.333. The van der Waals surface area contributed by atoms with Crippen molar-refractivity contribution in [3.63, 3.8) is 0 Å². The first-order chi connectivity index (χ1) is 13.0. The van der Waals surface area contributed by atoms with E-state index in [1.165, 1.54) is 6.33 Å². The average molecular weight is 387 g/mol. The van der Waals surface area contributed by atoms with Gasteiger partial charge in [-0.25, -0.2) is 18.4 Å². The Kier molecular flexibility index (Phi) is 4.48. The van der Waals surface area contributed by atoms with Crippen molar-refractivity contribution in [2.24, 2.45) is 0 Å². The number of sulfone groups is 1. The Morgan fingerprint density at radius 1 is 1.30 bits per heavy atom. The number of hydrogen-bond acceptors (Lipinski definition) is 7. The van der Waals surface area contributed by atoms with Crippen LogP contribution in [0.3, 0.4) is 0 Å². The molecule has 0 aliphatic carbocycles. The largest absolute Gasteiger partial charge is 0.384 e. The van der Waals surface area contributed by atoms with Crippen LogP contribution in [-0.2, 0) is 14.6 Å². The number of nitrogen functional groups attached to an aromatic ring is 1. The number of nitrogens with two attached hydrogens (primary N) is 1. The third-order valence-electron chi connectivity index (χ3n) is 4.88. The predicted octanol–water partition coefficient (Wildman–Crippen LogP) is 1.99. The maximum Gasteiger partial charge on any atom is 0.212 e. The molecule has 2 aromatic heterocycles. The smallest absolute Gasteiger partial charge is 0.212 e. The van der Waals surface area contributed by atoms with E-state index in [1.54, 1.807) is 37.4 Å². The minimum Gasteiger partial charge on any atom is -0.384 e. The molecule has 1 saturated heterocycles. The van der Waals surface area contributed by atoms with Crippen LogP contribution in [0.1, 0.15) is 12.8 Å². The monoisotopic (exact) mass is 387 g/mol. The lowest BCUT2D eigenvalue weighted by Gasteiger charge is -2.25. The molecule has 3 heterocycles. The van der Waals surface area contributed by atoms with Gasteiger partial charge in [-0.1, -0.05) is 18.2 Å². The fourth-order valence-corrected chi connectivity index (χ4v) is 5.17. The SMILES string of the molecule is COC[C@H]1CCCN1c1ncnc2c(S(=O)(=O)c3ccccc3)c(N)[nH]c12. The van der Waals surface area contributed by atoms with Gasteiger partial charge < -0.3 is 20.4 Å². The van der Waals surface area contributed by atoms with E-state index in [4.69, 9.17) is 10.5 Å². The minimum absolute atomic E-state index is 0.00478. The summed E-state index contributed by atoms with van der Waals surface area (Å²) < 4.78 is 31.6. The van der Waals surface area contributed by atoms with Gasteiger partial charge in [-0.15, -0.1) is 0 Å². The second kappa shape index (κ2) is 6.82. The molecular formula is C18H21N5O3S. The summed E-state index contributed by atoms with van der Waals surface area (Å²) in [4.78, 5) is 13.9. The number of nitrogens with one attached hydrogen (secondary N) is 1. The van der Waals surface area contributed by atoms with E-state index in [-0.39, 0.29) is 21.7 Å². The second-order valence-corrected chi connectivity index (χ2v) is 8.44. The van der Waals surface area contributed by atoms with Gasteiger partial charge in [0.05, 0.1) is 17.5 Å². The van der Waals surface area contributed by atoms with Crippen molar-refractivity contribution in [2.75, 3.05) is 30.9 Å². The summed E-state index contributed by atoms with van der Waals surface area (Å²) in [7, 11) is -2.14. The number of nitrogens with zero attached hydrogens (tertiary/aromatic N) is 3. The van der Waals surface area contributed by atoms with Crippen molar-refractivity contribution >= 4 is 32.5 Å². The number of rotatable bonds is 5. The lowest BCUT2D eigenvalue weighted by molar-refractivity contribution is 0.180. The molecule has 1 atom stereocenters. The highest BCUT2D eigenvalue weighted by atomic mass is 32.2. The van der Waals surface area contributed by atoms with Gasteiger partial charge in [-0.05, 0) is 25.0 Å². The molecular weight excluding hydrogens is 366 g/mol. The minimum atomic E-state index is -3.81. The maximum absolute atomic E-state index is 13.1. The Bertz CT molecular complexity index is 1070. The Hall–Kier alpha value is -2.65. The normalized spacial score (nSPS) is 17.7. The summed E-state index contributed by atoms with van der Waals surface area (Å²) in [5.74, 6) is 0.721. The summed E-state index contributed by atoms with van der Waals surface area (Å²) in [5.41, 5.74) is 6.94. The number of aromatic nitrogens is 3. The van der Waals surface area contributed by atoms with Crippen LogP contribution in [0, 0.1) is 0 Å². The molecule has 1 aromatic carbocycles. The summed E-state index contributed by atoms with van der Waals surface area (Å²) in [5, 5.41) is 0. The van der Waals surface area contributed by atoms with Gasteiger partial charge in [0, 0.05) is 13.7 Å². The van der Waals surface area contributed by atoms with Crippen molar-refractivity contribution < 1.29 is 13.2 Å². The summed E-state index contributed by atoms with van der Waals surface area (Å²) >= 11 is 0. The van der Waals surface area contributed by atoms with Gasteiger partial charge in [-0.3, -0.25) is 0 Å². The summed E-state index contributed by atoms with van der Waals surface area (Å²) in [6, 6.07) is 8.40. The third kappa shape index (κ3) is 2.92. The van der Waals surface area contributed by atoms with Crippen LogP contribution in [0.15, 0.2) is 46.5 Å². The molecule has 27 heavy (non-hydrogen) atoms. The van der Waals surface area contributed by atoms with Crippen LogP contribution in [0.5, 0.6) is 0 Å². The van der Waals surface area contributed by atoms with Gasteiger partial charge in [0.1, 0.15) is 28.1 Å². The summed E-state index contributed by atoms with van der Waals surface area (Å²) in [6.07, 6.45) is 3.40. The van der Waals surface area contributed by atoms with E-state index in [0.29, 0.717) is 23.5 Å². The molecule has 1 aliphatic heterocycles. The quantitative estimate of drug-likeness (QED) is 0.688. The lowest BCUT2D eigenvalue weighted by atomic mass is 10.2. The van der Waals surface area contributed by atoms with Crippen LogP contribution >= 0.6 is 0 Å². The number of methoxy groups -OCH3 is 1. The molecule has 0 spiro atoms. The van der Waals surface area contributed by atoms with Crippen LogP contribution < -0.4 is 10.6 Å². The van der Waals surface area contributed by atoms with Crippen molar-refractivity contribution in [3.05, 3.63) is 36.7 Å². The Morgan fingerprint density at radius 3 is 2.81 bits per heavy atom. The number of aromatic amines is 1. The zero-order valence-electron chi connectivity index (χ0n) is 14.9. The first-order valence-corrected chi connectivity index (χ1v) is 10.2. The Balaban J connectivity index is 1.87. The highest BCUT2D eigenvalue weighted by Gasteiger charge is 2.31. The molecule has 3 N–H and O–H groups in total. The molecule has 8 nitrogen and oxygen atoms in total.